The second kappa shape index (κ2) is 9.26. The highest BCUT2D eigenvalue weighted by molar-refractivity contribution is 6.01. The second-order valence-corrected chi connectivity index (χ2v) is 9.93. The first kappa shape index (κ1) is 20.8. The fraction of sp³-hybridized carbons (Fsp3) is 0.273. The van der Waals surface area contributed by atoms with Gasteiger partial charge in [0.15, 0.2) is 5.82 Å². The van der Waals surface area contributed by atoms with Crippen molar-refractivity contribution in [3.63, 3.8) is 0 Å². The highest BCUT2D eigenvalue weighted by atomic mass is 14.8. The van der Waals surface area contributed by atoms with Crippen LogP contribution in [0.5, 0.6) is 0 Å². The number of rotatable bonds is 5. The molecule has 0 saturated heterocycles. The first-order valence-electron chi connectivity index (χ1n) is 13.3. The Balaban J connectivity index is 1.91. The van der Waals surface area contributed by atoms with Crippen molar-refractivity contribution < 1.29 is 2.74 Å². The average Bonchev–Trinajstić information content (AvgIpc) is 3.15. The fourth-order valence-electron chi connectivity index (χ4n) is 5.51. The SMILES string of the molecule is [2H]C(C)(C)c1cc(-c2ncccn2)cc(C([2H])(C)C)c1C1C(c2ccccc2C)=C(C)c2ccccc21. The van der Waals surface area contributed by atoms with Gasteiger partial charge in [0.1, 0.15) is 0 Å². The van der Waals surface area contributed by atoms with E-state index in [1.165, 1.54) is 33.4 Å². The summed E-state index contributed by atoms with van der Waals surface area (Å²) < 4.78 is 18.5. The lowest BCUT2D eigenvalue weighted by Gasteiger charge is -2.29. The smallest absolute Gasteiger partial charge is 0.159 e. The number of allylic oxidation sites excluding steroid dienone is 2. The summed E-state index contributed by atoms with van der Waals surface area (Å²) in [7, 11) is 0. The summed E-state index contributed by atoms with van der Waals surface area (Å²) in [5.74, 6) is -1.27. The molecule has 4 aromatic rings. The van der Waals surface area contributed by atoms with Crippen LogP contribution in [0, 0.1) is 6.92 Å². The first-order chi connectivity index (χ1) is 17.5. The van der Waals surface area contributed by atoms with Gasteiger partial charge in [-0.15, -0.1) is 0 Å². The zero-order valence-electron chi connectivity index (χ0n) is 23.5. The molecule has 0 bridgehead atoms. The van der Waals surface area contributed by atoms with Crippen molar-refractivity contribution >= 4 is 11.1 Å². The van der Waals surface area contributed by atoms with Gasteiger partial charge in [0.05, 0.1) is 0 Å². The van der Waals surface area contributed by atoms with Crippen molar-refractivity contribution in [1.82, 2.24) is 9.97 Å². The number of nitrogens with zero attached hydrogens (tertiary/aromatic N) is 2. The van der Waals surface area contributed by atoms with Gasteiger partial charge >= 0.3 is 0 Å². The molecule has 0 saturated carbocycles. The van der Waals surface area contributed by atoms with Gasteiger partial charge in [-0.1, -0.05) is 76.2 Å². The van der Waals surface area contributed by atoms with Crippen molar-refractivity contribution in [2.24, 2.45) is 0 Å². The van der Waals surface area contributed by atoms with Crippen LogP contribution in [-0.2, 0) is 0 Å². The molecule has 176 valence electrons. The van der Waals surface area contributed by atoms with Gasteiger partial charge in [-0.25, -0.2) is 9.97 Å². The summed E-state index contributed by atoms with van der Waals surface area (Å²) in [5.41, 5.74) is 11.2. The molecule has 1 unspecified atom stereocenters. The summed E-state index contributed by atoms with van der Waals surface area (Å²) in [6.07, 6.45) is 3.48. The topological polar surface area (TPSA) is 25.8 Å². The van der Waals surface area contributed by atoms with Crippen molar-refractivity contribution in [3.05, 3.63) is 118 Å². The van der Waals surface area contributed by atoms with E-state index in [9.17, 15) is 2.74 Å². The van der Waals surface area contributed by atoms with E-state index >= 15 is 0 Å². The molecule has 0 spiro atoms. The Hall–Kier alpha value is -3.52. The lowest BCUT2D eigenvalue weighted by Crippen LogP contribution is -2.12. The Kier molecular flexibility index (Phi) is 5.51. The van der Waals surface area contributed by atoms with E-state index < -0.39 is 11.8 Å². The van der Waals surface area contributed by atoms with Crippen molar-refractivity contribution in [2.75, 3.05) is 0 Å². The largest absolute Gasteiger partial charge is 0.237 e. The van der Waals surface area contributed by atoms with E-state index in [1.54, 1.807) is 18.5 Å². The monoisotopic (exact) mass is 460 g/mol. The Morgan fingerprint density at radius 2 is 1.31 bits per heavy atom. The van der Waals surface area contributed by atoms with Crippen molar-refractivity contribution in [2.45, 2.75) is 59.2 Å². The Morgan fingerprint density at radius 3 is 1.91 bits per heavy atom. The van der Waals surface area contributed by atoms with E-state index in [0.717, 1.165) is 22.3 Å². The van der Waals surface area contributed by atoms with E-state index in [0.29, 0.717) is 5.82 Å². The zero-order chi connectivity index (χ0) is 26.5. The van der Waals surface area contributed by atoms with Crippen LogP contribution in [0.2, 0.25) is 0 Å². The van der Waals surface area contributed by atoms with Gasteiger partial charge in [-0.3, -0.25) is 0 Å². The molecule has 0 radical (unpaired) electrons. The van der Waals surface area contributed by atoms with Gasteiger partial charge in [0.25, 0.3) is 0 Å². The Morgan fingerprint density at radius 1 is 0.743 bits per heavy atom. The molecule has 1 aromatic heterocycles. The highest BCUT2D eigenvalue weighted by Gasteiger charge is 2.35. The third-order valence-electron chi connectivity index (χ3n) is 7.17. The van der Waals surface area contributed by atoms with E-state index in [2.05, 4.69) is 84.5 Å². The molecule has 2 nitrogen and oxygen atoms in total. The number of hydrogen-bond acceptors (Lipinski definition) is 2. The van der Waals surface area contributed by atoms with Gasteiger partial charge in [0, 0.05) is 26.6 Å². The molecule has 0 N–H and O–H groups in total. The third-order valence-corrected chi connectivity index (χ3v) is 7.17. The molecule has 3 aromatic carbocycles. The zero-order valence-corrected chi connectivity index (χ0v) is 21.5. The lowest BCUT2D eigenvalue weighted by atomic mass is 9.75. The predicted molar refractivity (Wildman–Crippen MR) is 148 cm³/mol. The summed E-state index contributed by atoms with van der Waals surface area (Å²) in [6, 6.07) is 23.1. The molecule has 5 rings (SSSR count). The Bertz CT molecular complexity index is 1470. The minimum absolute atomic E-state index is 0.0812. The van der Waals surface area contributed by atoms with Crippen LogP contribution in [0.1, 0.15) is 94.0 Å². The number of fused-ring (bicyclic) bond motifs is 1. The fourth-order valence-corrected chi connectivity index (χ4v) is 5.51. The maximum absolute atomic E-state index is 9.27. The standard InChI is InChI=1S/C33H34N2/c1-20(2)28-18-24(33-34-16-11-17-35-33)19-29(21(3)4)31(28)32-27-15-10-9-14-26(27)23(6)30(32)25-13-8-7-12-22(25)5/h7-21,32H,1-6H3/i20D,21D. The molecule has 0 aliphatic heterocycles. The van der Waals surface area contributed by atoms with Crippen LogP contribution in [0.25, 0.3) is 22.5 Å². The molecular formula is C33H34N2. The molecule has 2 heteroatoms. The Labute approximate surface area is 212 Å². The molecule has 1 heterocycles. The molecule has 1 aliphatic carbocycles. The summed E-state index contributed by atoms with van der Waals surface area (Å²) in [6.45, 7) is 12.1. The molecule has 1 aliphatic rings. The van der Waals surface area contributed by atoms with Crippen LogP contribution in [-0.4, -0.2) is 9.97 Å². The van der Waals surface area contributed by atoms with Gasteiger partial charge in [-0.2, -0.15) is 0 Å². The van der Waals surface area contributed by atoms with Gasteiger partial charge in [-0.05, 0) is 93.9 Å². The number of hydrogen-bond donors (Lipinski definition) is 0. The molecule has 1 atom stereocenters. The highest BCUT2D eigenvalue weighted by Crippen LogP contribution is 2.53. The first-order valence-corrected chi connectivity index (χ1v) is 12.3. The van der Waals surface area contributed by atoms with Crippen LogP contribution >= 0.6 is 0 Å². The normalized spacial score (nSPS) is 16.7. The van der Waals surface area contributed by atoms with Gasteiger partial charge in [0.2, 0.25) is 0 Å². The lowest BCUT2D eigenvalue weighted by molar-refractivity contribution is 0.793. The minimum atomic E-state index is -0.900. The van der Waals surface area contributed by atoms with Crippen molar-refractivity contribution in [3.8, 4) is 11.4 Å². The molecule has 0 fully saturated rings. The van der Waals surface area contributed by atoms with E-state index in [-0.39, 0.29) is 5.92 Å². The maximum Gasteiger partial charge on any atom is 0.159 e. The predicted octanol–water partition coefficient (Wildman–Crippen LogP) is 8.78. The quantitative estimate of drug-likeness (QED) is 0.297. The summed E-state index contributed by atoms with van der Waals surface area (Å²) in [5, 5.41) is 0. The van der Waals surface area contributed by atoms with Crippen LogP contribution < -0.4 is 0 Å². The molecule has 0 amide bonds. The molecule has 35 heavy (non-hydrogen) atoms. The third kappa shape index (κ3) is 4.01. The number of aromatic nitrogens is 2. The van der Waals surface area contributed by atoms with E-state index in [1.807, 2.05) is 27.7 Å². The van der Waals surface area contributed by atoms with Crippen LogP contribution in [0.15, 0.2) is 79.1 Å². The van der Waals surface area contributed by atoms with Crippen molar-refractivity contribution in [1.29, 1.82) is 0 Å². The van der Waals surface area contributed by atoms with E-state index in [4.69, 9.17) is 0 Å². The minimum Gasteiger partial charge on any atom is -0.237 e. The number of aryl methyl sites for hydroxylation is 1. The van der Waals surface area contributed by atoms with Crippen LogP contribution in [0.3, 0.4) is 0 Å². The van der Waals surface area contributed by atoms with Crippen LogP contribution in [0.4, 0.5) is 0 Å². The second-order valence-electron chi connectivity index (χ2n) is 9.93. The molecular weight excluding hydrogens is 424 g/mol. The summed E-state index contributed by atoms with van der Waals surface area (Å²) >= 11 is 0. The summed E-state index contributed by atoms with van der Waals surface area (Å²) in [4.78, 5) is 9.00. The maximum atomic E-state index is 9.27. The van der Waals surface area contributed by atoms with Gasteiger partial charge < -0.3 is 0 Å². The average molecular weight is 461 g/mol. The number of benzene rings is 3.